The summed E-state index contributed by atoms with van der Waals surface area (Å²) in [6.45, 7) is 14.4. The van der Waals surface area contributed by atoms with Gasteiger partial charge in [-0.25, -0.2) is 0 Å². The Morgan fingerprint density at radius 3 is 2.39 bits per heavy atom. The van der Waals surface area contributed by atoms with Crippen molar-refractivity contribution in [1.29, 1.82) is 0 Å². The first-order valence-corrected chi connectivity index (χ1v) is 23.2. The molecule has 4 heterocycles. The average molecular weight is 776 g/mol. The number of fused-ring (bicyclic) bond motifs is 3. The van der Waals surface area contributed by atoms with Crippen LogP contribution in [0, 0.1) is 5.92 Å². The maximum absolute atomic E-state index is 15.4. The second-order valence-corrected chi connectivity index (χ2v) is 21.7. The molecule has 1 N–H and O–H groups in total. The number of amides is 3. The molecule has 5 atom stereocenters. The van der Waals surface area contributed by atoms with Crippen molar-refractivity contribution in [2.24, 2.45) is 5.92 Å². The number of anilines is 2. The summed E-state index contributed by atoms with van der Waals surface area (Å²) in [6, 6.07) is 21.9. The van der Waals surface area contributed by atoms with Crippen molar-refractivity contribution in [3.05, 3.63) is 107 Å². The number of nitrogens with zero attached hydrogens (tertiary/aromatic N) is 3. The molecule has 9 nitrogen and oxygen atoms in total. The fourth-order valence-corrected chi connectivity index (χ4v) is 13.7. The average Bonchev–Trinajstić information content (AvgIpc) is 3.61. The Kier molecular flexibility index (Phi) is 11.2. The number of hydrogen-bond acceptors (Lipinski definition) is 6. The number of β-lactam (4-membered cyclic amide) rings is 1. The van der Waals surface area contributed by atoms with Crippen LogP contribution in [0.5, 0.6) is 5.75 Å². The lowest BCUT2D eigenvalue weighted by atomic mass is 9.82. The number of carbonyl (C=O) groups is 3. The van der Waals surface area contributed by atoms with Gasteiger partial charge in [-0.2, -0.15) is 0 Å². The van der Waals surface area contributed by atoms with Crippen LogP contribution in [0.4, 0.5) is 11.4 Å². The molecule has 0 aromatic heterocycles. The largest absolute Gasteiger partial charge is 0.497 e. The van der Waals surface area contributed by atoms with Crippen molar-refractivity contribution in [1.82, 2.24) is 4.90 Å². The number of rotatable bonds is 12. The SMILES string of the molecule is COc1ccc([Si](C)(C)[C@@H]2[C@@H](CC(=O)N3Cc4ccccc4C[C@H]3CO)O[C@]3(C(=O)N(C/C=C(\C)CCC=C(C)C)c4ccc(N5CCC5=O)cc43)[C@H]2C)cc1. The van der Waals surface area contributed by atoms with Gasteiger partial charge in [0.25, 0.3) is 5.91 Å². The van der Waals surface area contributed by atoms with Gasteiger partial charge < -0.3 is 29.3 Å². The predicted molar refractivity (Wildman–Crippen MR) is 224 cm³/mol. The zero-order chi connectivity index (χ0) is 39.9. The number of allylic oxidation sites excluding steroid dienone is 3. The van der Waals surface area contributed by atoms with Crippen LogP contribution in [-0.4, -0.2) is 74.8 Å². The van der Waals surface area contributed by atoms with E-state index >= 15 is 4.79 Å². The molecule has 2 saturated heterocycles. The third-order valence-corrected chi connectivity index (χ3v) is 17.3. The minimum absolute atomic E-state index is 0.0615. The maximum atomic E-state index is 15.4. The van der Waals surface area contributed by atoms with Crippen LogP contribution in [0.3, 0.4) is 0 Å². The van der Waals surface area contributed by atoms with E-state index in [2.05, 4.69) is 77.2 Å². The molecule has 3 amide bonds. The minimum Gasteiger partial charge on any atom is -0.497 e. The van der Waals surface area contributed by atoms with Crippen molar-refractivity contribution >= 4 is 42.4 Å². The number of methoxy groups -OCH3 is 1. The quantitative estimate of drug-likeness (QED) is 0.121. The van der Waals surface area contributed by atoms with E-state index in [1.807, 2.05) is 52.3 Å². The second kappa shape index (κ2) is 15.8. The van der Waals surface area contributed by atoms with Gasteiger partial charge in [0.1, 0.15) is 5.75 Å². The summed E-state index contributed by atoms with van der Waals surface area (Å²) >= 11 is 0. The maximum Gasteiger partial charge on any atom is 0.264 e. The van der Waals surface area contributed by atoms with Crippen LogP contribution in [0.1, 0.15) is 70.1 Å². The van der Waals surface area contributed by atoms with E-state index in [4.69, 9.17) is 9.47 Å². The summed E-state index contributed by atoms with van der Waals surface area (Å²) in [6.07, 6.45) is 6.80. The molecular weight excluding hydrogens is 719 g/mol. The van der Waals surface area contributed by atoms with E-state index in [0.29, 0.717) is 32.5 Å². The Hall–Kier alpha value is -4.51. The zero-order valence-electron chi connectivity index (χ0n) is 34.0. The van der Waals surface area contributed by atoms with E-state index in [1.54, 1.807) is 12.0 Å². The predicted octanol–water partition coefficient (Wildman–Crippen LogP) is 7.02. The van der Waals surface area contributed by atoms with Gasteiger partial charge in [0.2, 0.25) is 11.8 Å². The molecule has 4 aliphatic heterocycles. The fourth-order valence-electron chi connectivity index (χ4n) is 9.71. The highest BCUT2D eigenvalue weighted by Gasteiger charge is 2.66. The summed E-state index contributed by atoms with van der Waals surface area (Å²) < 4.78 is 12.9. The number of carbonyl (C=O) groups excluding carboxylic acids is 3. The molecule has 10 heteroatoms. The molecule has 0 bridgehead atoms. The van der Waals surface area contributed by atoms with E-state index in [-0.39, 0.29) is 48.3 Å². The molecule has 7 rings (SSSR count). The molecule has 0 aliphatic carbocycles. The first-order chi connectivity index (χ1) is 26.8. The van der Waals surface area contributed by atoms with Crippen LogP contribution in [0.15, 0.2) is 90.0 Å². The molecule has 1 spiro atoms. The van der Waals surface area contributed by atoms with E-state index in [0.717, 1.165) is 46.7 Å². The summed E-state index contributed by atoms with van der Waals surface area (Å²) in [5.74, 6) is 0.313. The molecular formula is C46H57N3O6Si. The van der Waals surface area contributed by atoms with Gasteiger partial charge in [0.05, 0.1) is 46.0 Å². The van der Waals surface area contributed by atoms with Gasteiger partial charge in [0.15, 0.2) is 5.60 Å². The van der Waals surface area contributed by atoms with Gasteiger partial charge in [-0.05, 0) is 87.0 Å². The second-order valence-electron chi connectivity index (χ2n) is 17.0. The number of aliphatic hydroxyl groups is 1. The van der Waals surface area contributed by atoms with Gasteiger partial charge in [-0.1, -0.05) is 84.9 Å². The lowest BCUT2D eigenvalue weighted by molar-refractivity contribution is -0.150. The normalized spacial score (nSPS) is 24.6. The molecule has 0 saturated carbocycles. The number of benzene rings is 3. The molecule has 0 unspecified atom stereocenters. The van der Waals surface area contributed by atoms with E-state index < -0.39 is 19.8 Å². The highest BCUT2D eigenvalue weighted by Crippen LogP contribution is 2.60. The highest BCUT2D eigenvalue weighted by molar-refractivity contribution is 6.91. The van der Waals surface area contributed by atoms with Crippen LogP contribution in [0.25, 0.3) is 0 Å². The molecule has 0 radical (unpaired) electrons. The Balaban J connectivity index is 1.30. The van der Waals surface area contributed by atoms with Crippen molar-refractivity contribution in [3.63, 3.8) is 0 Å². The molecule has 2 fully saturated rings. The van der Waals surface area contributed by atoms with Crippen molar-refractivity contribution in [2.45, 2.75) is 103 Å². The zero-order valence-corrected chi connectivity index (χ0v) is 35.0. The summed E-state index contributed by atoms with van der Waals surface area (Å²) in [4.78, 5) is 48.2. The highest BCUT2D eigenvalue weighted by atomic mass is 28.3. The van der Waals surface area contributed by atoms with Crippen LogP contribution >= 0.6 is 0 Å². The summed E-state index contributed by atoms with van der Waals surface area (Å²) in [5.41, 5.74) is 5.54. The van der Waals surface area contributed by atoms with Crippen molar-refractivity contribution in [2.75, 3.05) is 36.6 Å². The fraction of sp³-hybridized carbons (Fsp3) is 0.457. The third-order valence-electron chi connectivity index (χ3n) is 13.0. The number of hydrogen-bond donors (Lipinski definition) is 1. The Bertz CT molecular complexity index is 2060. The van der Waals surface area contributed by atoms with Crippen LogP contribution < -0.4 is 19.7 Å². The lowest BCUT2D eigenvalue weighted by Gasteiger charge is -2.39. The minimum atomic E-state index is -2.53. The molecule has 4 aliphatic rings. The van der Waals surface area contributed by atoms with E-state index in [9.17, 15) is 14.7 Å². The monoisotopic (exact) mass is 775 g/mol. The lowest BCUT2D eigenvalue weighted by Crippen LogP contribution is -2.52. The molecule has 3 aromatic rings. The van der Waals surface area contributed by atoms with Gasteiger partial charge in [0, 0.05) is 43.2 Å². The van der Waals surface area contributed by atoms with Crippen LogP contribution in [-0.2, 0) is 37.7 Å². The summed E-state index contributed by atoms with van der Waals surface area (Å²) in [7, 11) is -0.872. The smallest absolute Gasteiger partial charge is 0.264 e. The topological polar surface area (TPSA) is 99.6 Å². The first-order valence-electron chi connectivity index (χ1n) is 20.2. The molecule has 56 heavy (non-hydrogen) atoms. The van der Waals surface area contributed by atoms with Crippen molar-refractivity contribution in [3.8, 4) is 5.75 Å². The molecule has 3 aromatic carbocycles. The number of aliphatic hydroxyl groups excluding tert-OH is 1. The molecule has 296 valence electrons. The van der Waals surface area contributed by atoms with Crippen LogP contribution in [0.2, 0.25) is 18.6 Å². The first kappa shape index (κ1) is 39.7. The summed E-state index contributed by atoms with van der Waals surface area (Å²) in [5, 5.41) is 11.7. The standard InChI is InChI=1S/C46H57N3O6Si/c1-30(2)11-10-12-31(3)21-23-48-40-20-15-35(47-24-22-42(47)51)26-39(40)46(45(48)53)32(4)44(56(6,7)38-18-16-37(54-5)17-19-38)41(55-46)27-43(52)49-28-34-14-9-8-13-33(34)25-36(49)29-50/h8-9,11,13-21,26,32,36,41,44,50H,10,12,22-25,27-29H2,1-7H3/b31-21+/t32-,36-,41+,44-,46+/m0/s1. The Morgan fingerprint density at radius 1 is 1.02 bits per heavy atom. The van der Waals surface area contributed by atoms with Gasteiger partial charge in [-0.15, -0.1) is 0 Å². The van der Waals surface area contributed by atoms with Gasteiger partial charge in [-0.3, -0.25) is 14.4 Å². The third kappa shape index (κ3) is 7.05. The van der Waals surface area contributed by atoms with Gasteiger partial charge >= 0.3 is 0 Å². The van der Waals surface area contributed by atoms with Crippen molar-refractivity contribution < 1.29 is 29.0 Å². The Morgan fingerprint density at radius 2 is 1.75 bits per heavy atom. The Labute approximate surface area is 333 Å². The van der Waals surface area contributed by atoms with E-state index in [1.165, 1.54) is 16.3 Å². The number of ether oxygens (including phenoxy) is 2.